The highest BCUT2D eigenvalue weighted by atomic mass is 16.1. The lowest BCUT2D eigenvalue weighted by Gasteiger charge is -2.07. The number of hydrogen-bond acceptors (Lipinski definition) is 3. The molecule has 1 aromatic rings. The van der Waals surface area contributed by atoms with E-state index in [1.54, 1.807) is 31.2 Å². The number of anilines is 1. The first-order valence-electron chi connectivity index (χ1n) is 5.33. The van der Waals surface area contributed by atoms with Crippen LogP contribution in [0, 0.1) is 17.2 Å². The molecule has 17 heavy (non-hydrogen) atoms. The van der Waals surface area contributed by atoms with Gasteiger partial charge in [-0.25, -0.2) is 0 Å². The average molecular weight is 230 g/mol. The largest absolute Gasteiger partial charge is 0.326 e. The molecule has 0 saturated carbocycles. The summed E-state index contributed by atoms with van der Waals surface area (Å²) in [4.78, 5) is 22.6. The first-order chi connectivity index (χ1) is 8.04. The third kappa shape index (κ3) is 3.72. The Hall–Kier alpha value is -2.15. The number of ketones is 1. The number of carbonyl (C=O) groups is 2. The molecular formula is C13H14N2O2. The van der Waals surface area contributed by atoms with Crippen LogP contribution < -0.4 is 5.32 Å². The van der Waals surface area contributed by atoms with Crippen LogP contribution in [-0.4, -0.2) is 11.7 Å². The number of Topliss-reactive ketones (excluding diaryl/α,β-unsaturated/α-hetero) is 1. The summed E-state index contributed by atoms with van der Waals surface area (Å²) in [5.74, 6) is -0.505. The molecule has 0 bridgehead atoms. The van der Waals surface area contributed by atoms with Gasteiger partial charge in [0.1, 0.15) is 0 Å². The smallest absolute Gasteiger partial charge is 0.221 e. The maximum Gasteiger partial charge on any atom is 0.221 e. The van der Waals surface area contributed by atoms with Crippen LogP contribution in [0.25, 0.3) is 0 Å². The molecule has 1 amide bonds. The third-order valence-corrected chi connectivity index (χ3v) is 2.33. The molecule has 0 aliphatic heterocycles. The van der Waals surface area contributed by atoms with E-state index in [1.807, 2.05) is 6.07 Å². The Bertz CT molecular complexity index is 457. The maximum absolute atomic E-state index is 11.8. The Labute approximate surface area is 100 Å². The predicted octanol–water partition coefficient (Wildman–Crippen LogP) is 2.38. The summed E-state index contributed by atoms with van der Waals surface area (Å²) in [6, 6.07) is 8.63. The number of nitriles is 1. The van der Waals surface area contributed by atoms with Gasteiger partial charge in [-0.15, -0.1) is 0 Å². The maximum atomic E-state index is 11.8. The molecule has 0 fully saturated rings. The van der Waals surface area contributed by atoms with Crippen molar-refractivity contribution in [3.05, 3.63) is 29.8 Å². The van der Waals surface area contributed by atoms with Gasteiger partial charge in [-0.1, -0.05) is 6.92 Å². The molecule has 0 aliphatic carbocycles. The van der Waals surface area contributed by atoms with Crippen LogP contribution in [0.5, 0.6) is 0 Å². The van der Waals surface area contributed by atoms with Crippen molar-refractivity contribution in [3.63, 3.8) is 0 Å². The van der Waals surface area contributed by atoms with Gasteiger partial charge < -0.3 is 5.32 Å². The molecule has 1 N–H and O–H groups in total. The monoisotopic (exact) mass is 230 g/mol. The number of hydrogen-bond donors (Lipinski definition) is 1. The number of carbonyl (C=O) groups excluding carboxylic acids is 2. The minimum Gasteiger partial charge on any atom is -0.326 e. The van der Waals surface area contributed by atoms with E-state index >= 15 is 0 Å². The normalized spacial score (nSPS) is 11.4. The number of rotatable bonds is 4. The lowest BCUT2D eigenvalue weighted by Crippen LogP contribution is -2.11. The van der Waals surface area contributed by atoms with Crippen molar-refractivity contribution in [2.24, 2.45) is 5.92 Å². The summed E-state index contributed by atoms with van der Waals surface area (Å²) in [6.07, 6.45) is 0.215. The molecule has 0 aromatic heterocycles. The molecule has 4 nitrogen and oxygen atoms in total. The van der Waals surface area contributed by atoms with Crippen LogP contribution in [0.1, 0.15) is 30.6 Å². The van der Waals surface area contributed by atoms with Crippen molar-refractivity contribution < 1.29 is 9.59 Å². The highest BCUT2D eigenvalue weighted by molar-refractivity contribution is 5.98. The average Bonchev–Trinajstić information content (AvgIpc) is 2.28. The van der Waals surface area contributed by atoms with E-state index in [4.69, 9.17) is 5.26 Å². The molecular weight excluding hydrogens is 216 g/mol. The molecule has 88 valence electrons. The number of nitrogens with zero attached hydrogens (tertiary/aromatic N) is 1. The molecule has 0 radical (unpaired) electrons. The topological polar surface area (TPSA) is 70.0 Å². The van der Waals surface area contributed by atoms with Crippen molar-refractivity contribution in [1.29, 1.82) is 5.26 Å². The first kappa shape index (κ1) is 12.9. The lowest BCUT2D eigenvalue weighted by atomic mass is 9.97. The molecule has 0 saturated heterocycles. The molecule has 0 aliphatic rings. The van der Waals surface area contributed by atoms with E-state index in [9.17, 15) is 9.59 Å². The number of amides is 1. The van der Waals surface area contributed by atoms with Crippen LogP contribution >= 0.6 is 0 Å². The zero-order chi connectivity index (χ0) is 12.8. The summed E-state index contributed by atoms with van der Waals surface area (Å²) < 4.78 is 0. The SMILES string of the molecule is CC(=O)Nc1ccc(C(=O)[C@H](C)CC#N)cc1. The highest BCUT2D eigenvalue weighted by Crippen LogP contribution is 2.15. The quantitative estimate of drug-likeness (QED) is 0.807. The Morgan fingerprint density at radius 3 is 2.41 bits per heavy atom. The molecule has 1 atom stereocenters. The Balaban J connectivity index is 2.77. The number of benzene rings is 1. The van der Waals surface area contributed by atoms with Crippen molar-refractivity contribution in [1.82, 2.24) is 0 Å². The highest BCUT2D eigenvalue weighted by Gasteiger charge is 2.14. The Morgan fingerprint density at radius 2 is 1.94 bits per heavy atom. The van der Waals surface area contributed by atoms with Crippen molar-refractivity contribution in [2.45, 2.75) is 20.3 Å². The standard InChI is InChI=1S/C13H14N2O2/c1-9(7-8-14)13(17)11-3-5-12(6-4-11)15-10(2)16/h3-6,9H,7H2,1-2H3,(H,15,16)/t9-/m1/s1. The van der Waals surface area contributed by atoms with Crippen LogP contribution in [-0.2, 0) is 4.79 Å². The van der Waals surface area contributed by atoms with Gasteiger partial charge in [-0.3, -0.25) is 9.59 Å². The molecule has 0 spiro atoms. The van der Waals surface area contributed by atoms with E-state index in [0.717, 1.165) is 0 Å². The van der Waals surface area contributed by atoms with Gasteiger partial charge in [-0.2, -0.15) is 5.26 Å². The predicted molar refractivity (Wildman–Crippen MR) is 64.5 cm³/mol. The fraction of sp³-hybridized carbons (Fsp3) is 0.308. The number of nitrogens with one attached hydrogen (secondary N) is 1. The van der Waals surface area contributed by atoms with Gasteiger partial charge in [0.15, 0.2) is 5.78 Å². The minimum atomic E-state index is -0.299. The lowest BCUT2D eigenvalue weighted by molar-refractivity contribution is -0.114. The molecule has 1 aromatic carbocycles. The Kier molecular flexibility index (Phi) is 4.41. The van der Waals surface area contributed by atoms with Gasteiger partial charge in [0.2, 0.25) is 5.91 Å². The first-order valence-corrected chi connectivity index (χ1v) is 5.33. The summed E-state index contributed by atoms with van der Waals surface area (Å²) >= 11 is 0. The summed E-state index contributed by atoms with van der Waals surface area (Å²) in [5, 5.41) is 11.1. The zero-order valence-electron chi connectivity index (χ0n) is 9.86. The minimum absolute atomic E-state index is 0.0547. The fourth-order valence-corrected chi connectivity index (χ4v) is 1.44. The summed E-state index contributed by atoms with van der Waals surface area (Å²) in [5.41, 5.74) is 1.21. The van der Waals surface area contributed by atoms with Gasteiger partial charge in [0.05, 0.1) is 6.07 Å². The molecule has 4 heteroatoms. The van der Waals surface area contributed by atoms with Gasteiger partial charge in [0, 0.05) is 30.5 Å². The van der Waals surface area contributed by atoms with Crippen molar-refractivity contribution in [2.75, 3.05) is 5.32 Å². The second-order valence-electron chi connectivity index (χ2n) is 3.89. The zero-order valence-corrected chi connectivity index (χ0v) is 9.86. The second kappa shape index (κ2) is 5.80. The van der Waals surface area contributed by atoms with Crippen LogP contribution in [0.15, 0.2) is 24.3 Å². The summed E-state index contributed by atoms with van der Waals surface area (Å²) in [6.45, 7) is 3.15. The third-order valence-electron chi connectivity index (χ3n) is 2.33. The van der Waals surface area contributed by atoms with Crippen LogP contribution in [0.3, 0.4) is 0 Å². The van der Waals surface area contributed by atoms with Crippen LogP contribution in [0.4, 0.5) is 5.69 Å². The van der Waals surface area contributed by atoms with Gasteiger partial charge in [-0.05, 0) is 24.3 Å². The van der Waals surface area contributed by atoms with Crippen molar-refractivity contribution in [3.8, 4) is 6.07 Å². The van der Waals surface area contributed by atoms with E-state index in [1.165, 1.54) is 6.92 Å². The molecule has 0 unspecified atom stereocenters. The summed E-state index contributed by atoms with van der Waals surface area (Å²) in [7, 11) is 0. The Morgan fingerprint density at radius 1 is 1.35 bits per heavy atom. The van der Waals surface area contributed by atoms with Gasteiger partial charge in [0.25, 0.3) is 0 Å². The second-order valence-corrected chi connectivity index (χ2v) is 3.89. The van der Waals surface area contributed by atoms with E-state index < -0.39 is 0 Å². The fourth-order valence-electron chi connectivity index (χ4n) is 1.44. The van der Waals surface area contributed by atoms with E-state index in [0.29, 0.717) is 11.3 Å². The van der Waals surface area contributed by atoms with Crippen molar-refractivity contribution >= 4 is 17.4 Å². The van der Waals surface area contributed by atoms with Crippen LogP contribution in [0.2, 0.25) is 0 Å². The van der Waals surface area contributed by atoms with Gasteiger partial charge >= 0.3 is 0 Å². The van der Waals surface area contributed by atoms with E-state index in [-0.39, 0.29) is 24.0 Å². The molecule has 1 rings (SSSR count). The van der Waals surface area contributed by atoms with E-state index in [2.05, 4.69) is 5.32 Å². The molecule has 0 heterocycles.